The normalized spacial score (nSPS) is 26.3. The van der Waals surface area contributed by atoms with Crippen molar-refractivity contribution in [2.45, 2.75) is 129 Å². The van der Waals surface area contributed by atoms with Crippen molar-refractivity contribution in [3.8, 4) is 0 Å². The van der Waals surface area contributed by atoms with Gasteiger partial charge in [-0.3, -0.25) is 0 Å². The van der Waals surface area contributed by atoms with Gasteiger partial charge in [-0.05, 0) is 32.7 Å². The third kappa shape index (κ3) is 8.29. The first-order valence-corrected chi connectivity index (χ1v) is 19.1. The van der Waals surface area contributed by atoms with E-state index in [0.717, 1.165) is 12.8 Å². The summed E-state index contributed by atoms with van der Waals surface area (Å²) < 4.78 is 12.9. The minimum absolute atomic E-state index is 0.225. The van der Waals surface area contributed by atoms with Crippen molar-refractivity contribution in [2.24, 2.45) is 5.92 Å². The average molecular weight is 417 g/mol. The van der Waals surface area contributed by atoms with Crippen LogP contribution in [0.15, 0.2) is 0 Å². The molecule has 1 rings (SSSR count). The highest BCUT2D eigenvalue weighted by Crippen LogP contribution is 2.40. The fourth-order valence-corrected chi connectivity index (χ4v) is 8.54. The van der Waals surface area contributed by atoms with Gasteiger partial charge >= 0.3 is 0 Å². The molecule has 1 aliphatic rings. The third-order valence-corrected chi connectivity index (χ3v) is 25.1. The number of rotatable bonds is 12. The molecule has 0 aromatic heterocycles. The van der Waals surface area contributed by atoms with Gasteiger partial charge in [-0.15, -0.1) is 0 Å². The second-order valence-corrected chi connectivity index (χ2v) is 28.0. The molecule has 0 aliphatic carbocycles. The molecule has 3 atom stereocenters. The van der Waals surface area contributed by atoms with Crippen molar-refractivity contribution in [3.05, 3.63) is 0 Å². The number of unbranched alkanes of at least 4 members (excludes halogenated alkanes) is 5. The van der Waals surface area contributed by atoms with Gasteiger partial charge in [0.05, 0.1) is 12.2 Å². The Kier molecular flexibility index (Phi) is 10.2. The Hall–Kier alpha value is 0.314. The number of ether oxygens (including phenoxy) is 2. The van der Waals surface area contributed by atoms with Crippen LogP contribution < -0.4 is 0 Å². The van der Waals surface area contributed by atoms with Crippen molar-refractivity contribution in [3.63, 3.8) is 0 Å². The Morgan fingerprint density at radius 3 is 1.93 bits per heavy atom. The van der Waals surface area contributed by atoms with Crippen LogP contribution in [0.3, 0.4) is 0 Å². The number of aliphatic hydroxyl groups is 1. The van der Waals surface area contributed by atoms with E-state index < -0.39 is 21.0 Å². The Balaban J connectivity index is 2.79. The molecular formula is C22H48O3Si2. The zero-order chi connectivity index (χ0) is 20.7. The van der Waals surface area contributed by atoms with Crippen LogP contribution in [0.4, 0.5) is 0 Å². The number of hydrogen-bond donors (Lipinski definition) is 1. The standard InChI is InChI=1S/C22H48O3Si2/c1-9-10-11-12-13-14-15-20-19(16-17-23)21(25-22(2,3)24-20)18-27(7,8)26(4,5)6/h19-21,23H,9-18H2,1-8H3/t19-,20-,21+/m1/s1. The van der Waals surface area contributed by atoms with Crippen molar-refractivity contribution >= 4 is 15.2 Å². The lowest BCUT2D eigenvalue weighted by Gasteiger charge is -2.49. The highest BCUT2D eigenvalue weighted by molar-refractivity contribution is 7.40. The lowest BCUT2D eigenvalue weighted by atomic mass is 9.88. The van der Waals surface area contributed by atoms with E-state index in [1.54, 1.807) is 0 Å². The van der Waals surface area contributed by atoms with Crippen LogP contribution in [0.1, 0.15) is 72.1 Å². The molecule has 0 bridgehead atoms. The lowest BCUT2D eigenvalue weighted by Crippen LogP contribution is -2.59. The van der Waals surface area contributed by atoms with Crippen LogP contribution in [0.5, 0.6) is 0 Å². The van der Waals surface area contributed by atoms with E-state index in [9.17, 15) is 5.11 Å². The molecule has 0 saturated carbocycles. The molecule has 162 valence electrons. The van der Waals surface area contributed by atoms with Crippen LogP contribution in [0.25, 0.3) is 0 Å². The molecule has 0 radical (unpaired) electrons. The molecule has 1 fully saturated rings. The largest absolute Gasteiger partial charge is 0.396 e. The highest BCUT2D eigenvalue weighted by Gasteiger charge is 2.47. The molecule has 0 aromatic carbocycles. The summed E-state index contributed by atoms with van der Waals surface area (Å²) >= 11 is 0. The fourth-order valence-electron chi connectivity index (χ4n) is 4.09. The average Bonchev–Trinajstić information content (AvgIpc) is 2.51. The molecule has 27 heavy (non-hydrogen) atoms. The number of aliphatic hydroxyl groups excluding tert-OH is 1. The highest BCUT2D eigenvalue weighted by atomic mass is 29.3. The van der Waals surface area contributed by atoms with E-state index in [4.69, 9.17) is 9.47 Å². The summed E-state index contributed by atoms with van der Waals surface area (Å²) in [5.41, 5.74) is 0. The van der Waals surface area contributed by atoms with Crippen LogP contribution in [-0.2, 0) is 9.47 Å². The summed E-state index contributed by atoms with van der Waals surface area (Å²) in [5.74, 6) is -0.172. The molecule has 0 amide bonds. The smallest absolute Gasteiger partial charge is 0.163 e. The van der Waals surface area contributed by atoms with Gasteiger partial charge < -0.3 is 14.6 Å². The molecule has 1 N–H and O–H groups in total. The summed E-state index contributed by atoms with van der Waals surface area (Å²) in [5, 5.41) is 9.72. The van der Waals surface area contributed by atoms with Crippen molar-refractivity contribution in [1.82, 2.24) is 0 Å². The molecule has 0 spiro atoms. The van der Waals surface area contributed by atoms with E-state index >= 15 is 0 Å². The predicted octanol–water partition coefficient (Wildman–Crippen LogP) is 6.38. The second-order valence-electron chi connectivity index (χ2n) is 10.8. The molecule has 3 nitrogen and oxygen atoms in total. The molecule has 0 unspecified atom stereocenters. The van der Waals surface area contributed by atoms with E-state index in [1.807, 2.05) is 0 Å². The second kappa shape index (κ2) is 10.9. The van der Waals surface area contributed by atoms with Gasteiger partial charge in [0.1, 0.15) is 0 Å². The summed E-state index contributed by atoms with van der Waals surface area (Å²) in [6, 6.07) is 1.20. The number of hydrogen-bond acceptors (Lipinski definition) is 3. The quantitative estimate of drug-likeness (QED) is 0.296. The monoisotopic (exact) mass is 416 g/mol. The topological polar surface area (TPSA) is 38.7 Å². The first kappa shape index (κ1) is 25.4. The SMILES string of the molecule is CCCCCCCC[C@H]1OC(C)(C)O[C@@H](C[Si](C)(C)[Si](C)(C)C)[C@@H]1CCO. The van der Waals surface area contributed by atoms with Crippen LogP contribution >= 0.6 is 0 Å². The van der Waals surface area contributed by atoms with Gasteiger partial charge in [-0.25, -0.2) is 0 Å². The third-order valence-electron chi connectivity index (χ3n) is 6.87. The summed E-state index contributed by atoms with van der Waals surface area (Å²) in [4.78, 5) is 0. The van der Waals surface area contributed by atoms with E-state index in [0.29, 0.717) is 5.92 Å². The van der Waals surface area contributed by atoms with E-state index in [1.165, 1.54) is 44.6 Å². The zero-order valence-electron chi connectivity index (χ0n) is 19.6. The maximum atomic E-state index is 9.72. The Bertz CT molecular complexity index is 418. The van der Waals surface area contributed by atoms with Gasteiger partial charge in [-0.2, -0.15) is 0 Å². The minimum atomic E-state index is -1.33. The molecule has 5 heteroatoms. The van der Waals surface area contributed by atoms with Crippen LogP contribution in [0.2, 0.25) is 38.8 Å². The molecule has 1 aliphatic heterocycles. The fraction of sp³-hybridized carbons (Fsp3) is 1.00. The Morgan fingerprint density at radius 1 is 0.815 bits per heavy atom. The summed E-state index contributed by atoms with van der Waals surface area (Å²) in [6.07, 6.45) is 10.2. The van der Waals surface area contributed by atoms with Gasteiger partial charge in [0, 0.05) is 27.7 Å². The van der Waals surface area contributed by atoms with Crippen LogP contribution in [0, 0.1) is 5.92 Å². The first-order valence-electron chi connectivity index (χ1n) is 11.4. The molecular weight excluding hydrogens is 368 g/mol. The zero-order valence-corrected chi connectivity index (χ0v) is 21.6. The maximum absolute atomic E-state index is 9.72. The van der Waals surface area contributed by atoms with E-state index in [-0.39, 0.29) is 18.8 Å². The maximum Gasteiger partial charge on any atom is 0.163 e. The predicted molar refractivity (Wildman–Crippen MR) is 123 cm³/mol. The first-order chi connectivity index (χ1) is 12.4. The Labute approximate surface area is 171 Å². The summed E-state index contributed by atoms with van der Waals surface area (Å²) in [7, 11) is -2.51. The van der Waals surface area contributed by atoms with Gasteiger partial charge in [-0.1, -0.05) is 78.2 Å². The molecule has 0 aromatic rings. The minimum Gasteiger partial charge on any atom is -0.396 e. The lowest BCUT2D eigenvalue weighted by molar-refractivity contribution is -0.319. The Morgan fingerprint density at radius 2 is 1.37 bits per heavy atom. The van der Waals surface area contributed by atoms with Gasteiger partial charge in [0.15, 0.2) is 5.79 Å². The van der Waals surface area contributed by atoms with Crippen molar-refractivity contribution < 1.29 is 14.6 Å². The van der Waals surface area contributed by atoms with Crippen LogP contribution in [-0.4, -0.2) is 44.9 Å². The van der Waals surface area contributed by atoms with Gasteiger partial charge in [0.25, 0.3) is 0 Å². The van der Waals surface area contributed by atoms with Crippen molar-refractivity contribution in [2.75, 3.05) is 6.61 Å². The molecule has 1 heterocycles. The van der Waals surface area contributed by atoms with Gasteiger partial charge in [0.2, 0.25) is 0 Å². The van der Waals surface area contributed by atoms with Crippen molar-refractivity contribution in [1.29, 1.82) is 0 Å². The summed E-state index contributed by atoms with van der Waals surface area (Å²) in [6.45, 7) is 19.3. The van der Waals surface area contributed by atoms with E-state index in [2.05, 4.69) is 53.5 Å². The molecule has 1 saturated heterocycles.